The Bertz CT molecular complexity index is 358. The molecule has 0 unspecified atom stereocenters. The van der Waals surface area contributed by atoms with Crippen LogP contribution in [0.5, 0.6) is 0 Å². The summed E-state index contributed by atoms with van der Waals surface area (Å²) in [6.45, 7) is 9.26. The maximum absolute atomic E-state index is 11.5. The molecule has 0 saturated carbocycles. The summed E-state index contributed by atoms with van der Waals surface area (Å²) in [7, 11) is 1.70. The summed E-state index contributed by atoms with van der Waals surface area (Å²) in [6.07, 6.45) is 5.01. The highest BCUT2D eigenvalue weighted by molar-refractivity contribution is 14.0. The van der Waals surface area contributed by atoms with Crippen molar-refractivity contribution < 1.29 is 9.53 Å². The number of guanidine groups is 1. The molecule has 7 heteroatoms. The number of nitrogens with zero attached hydrogens (tertiary/aromatic N) is 2. The SMILES string of the molecule is CCCCOCCN=C(NCC)N1CCC(CC(=O)NC)CC1.I. The van der Waals surface area contributed by atoms with Gasteiger partial charge in [0.2, 0.25) is 5.91 Å². The number of ether oxygens (including phenoxy) is 1. The fraction of sp³-hybridized carbons (Fsp3) is 0.882. The van der Waals surface area contributed by atoms with Crippen molar-refractivity contribution in [1.82, 2.24) is 15.5 Å². The van der Waals surface area contributed by atoms with E-state index in [0.29, 0.717) is 25.5 Å². The second kappa shape index (κ2) is 14.7. The zero-order valence-electron chi connectivity index (χ0n) is 15.5. The van der Waals surface area contributed by atoms with Crippen molar-refractivity contribution in [1.29, 1.82) is 0 Å². The van der Waals surface area contributed by atoms with E-state index in [2.05, 4.69) is 34.4 Å². The maximum atomic E-state index is 11.5. The molecule has 0 atom stereocenters. The van der Waals surface area contributed by atoms with Crippen LogP contribution in [0.1, 0.15) is 46.0 Å². The van der Waals surface area contributed by atoms with Crippen LogP contribution in [0, 0.1) is 5.92 Å². The van der Waals surface area contributed by atoms with Gasteiger partial charge in [-0.05, 0) is 32.1 Å². The van der Waals surface area contributed by atoms with Gasteiger partial charge < -0.3 is 20.3 Å². The quantitative estimate of drug-likeness (QED) is 0.243. The molecule has 1 rings (SSSR count). The van der Waals surface area contributed by atoms with Gasteiger partial charge in [-0.1, -0.05) is 13.3 Å². The first-order chi connectivity index (χ1) is 11.2. The Morgan fingerprint density at radius 1 is 1.25 bits per heavy atom. The minimum Gasteiger partial charge on any atom is -0.380 e. The van der Waals surface area contributed by atoms with Gasteiger partial charge in [0.15, 0.2) is 5.96 Å². The van der Waals surface area contributed by atoms with Crippen LogP contribution in [0.4, 0.5) is 0 Å². The van der Waals surface area contributed by atoms with Crippen molar-refractivity contribution in [3.63, 3.8) is 0 Å². The summed E-state index contributed by atoms with van der Waals surface area (Å²) >= 11 is 0. The van der Waals surface area contributed by atoms with E-state index in [0.717, 1.165) is 57.9 Å². The number of aliphatic imine (C=N–C) groups is 1. The molecule has 1 saturated heterocycles. The zero-order valence-corrected chi connectivity index (χ0v) is 17.8. The highest BCUT2D eigenvalue weighted by Crippen LogP contribution is 2.20. The topological polar surface area (TPSA) is 66.0 Å². The smallest absolute Gasteiger partial charge is 0.220 e. The third-order valence-corrected chi connectivity index (χ3v) is 4.14. The number of likely N-dealkylation sites (tertiary alicyclic amines) is 1. The molecule has 0 aromatic carbocycles. The van der Waals surface area contributed by atoms with E-state index < -0.39 is 0 Å². The average molecular weight is 454 g/mol. The van der Waals surface area contributed by atoms with Crippen LogP contribution in [-0.2, 0) is 9.53 Å². The normalized spacial score (nSPS) is 15.8. The van der Waals surface area contributed by atoms with Gasteiger partial charge in [-0.3, -0.25) is 9.79 Å². The standard InChI is InChI=1S/C17H34N4O2.HI/c1-4-6-12-23-13-9-20-17(19-5-2)21-10-7-15(8-11-21)14-16(22)18-3;/h15H,4-14H2,1-3H3,(H,18,22)(H,19,20);1H. The van der Waals surface area contributed by atoms with Gasteiger partial charge in [0.05, 0.1) is 13.2 Å². The Labute approximate surface area is 164 Å². The minimum atomic E-state index is 0. The third-order valence-electron chi connectivity index (χ3n) is 4.14. The summed E-state index contributed by atoms with van der Waals surface area (Å²) < 4.78 is 5.57. The summed E-state index contributed by atoms with van der Waals surface area (Å²) in [6, 6.07) is 0. The largest absolute Gasteiger partial charge is 0.380 e. The van der Waals surface area contributed by atoms with Gasteiger partial charge in [0.1, 0.15) is 0 Å². The molecule has 0 radical (unpaired) electrons. The van der Waals surface area contributed by atoms with Gasteiger partial charge in [-0.15, -0.1) is 24.0 Å². The lowest BCUT2D eigenvalue weighted by atomic mass is 9.93. The van der Waals surface area contributed by atoms with Gasteiger partial charge in [0, 0.05) is 39.7 Å². The molecule has 1 aliphatic heterocycles. The molecule has 1 fully saturated rings. The first-order valence-corrected chi connectivity index (χ1v) is 9.02. The molecule has 1 amide bonds. The Kier molecular flexibility index (Phi) is 14.4. The van der Waals surface area contributed by atoms with Crippen LogP contribution in [-0.4, -0.2) is 63.2 Å². The number of piperidine rings is 1. The minimum absolute atomic E-state index is 0. The zero-order chi connectivity index (χ0) is 16.9. The maximum Gasteiger partial charge on any atom is 0.220 e. The lowest BCUT2D eigenvalue weighted by Gasteiger charge is -2.34. The monoisotopic (exact) mass is 454 g/mol. The number of carbonyl (C=O) groups is 1. The molecule has 0 aromatic rings. The molecular weight excluding hydrogens is 419 g/mol. The number of hydrogen-bond acceptors (Lipinski definition) is 3. The van der Waals surface area contributed by atoms with Crippen molar-refractivity contribution in [3.8, 4) is 0 Å². The fourth-order valence-corrected chi connectivity index (χ4v) is 2.70. The van der Waals surface area contributed by atoms with Crippen LogP contribution in [0.15, 0.2) is 4.99 Å². The van der Waals surface area contributed by atoms with Crippen molar-refractivity contribution in [2.75, 3.05) is 46.4 Å². The number of amides is 1. The van der Waals surface area contributed by atoms with Crippen LogP contribution < -0.4 is 10.6 Å². The van der Waals surface area contributed by atoms with Gasteiger partial charge in [-0.2, -0.15) is 0 Å². The van der Waals surface area contributed by atoms with E-state index in [4.69, 9.17) is 4.74 Å². The van der Waals surface area contributed by atoms with Crippen molar-refractivity contribution in [2.24, 2.45) is 10.9 Å². The lowest BCUT2D eigenvalue weighted by Crippen LogP contribution is -2.46. The summed E-state index contributed by atoms with van der Waals surface area (Å²) in [5.74, 6) is 1.62. The van der Waals surface area contributed by atoms with E-state index in [1.807, 2.05) is 0 Å². The van der Waals surface area contributed by atoms with Crippen LogP contribution >= 0.6 is 24.0 Å². The summed E-state index contributed by atoms with van der Waals surface area (Å²) in [5.41, 5.74) is 0. The average Bonchev–Trinajstić information content (AvgIpc) is 2.57. The molecule has 1 aliphatic rings. The van der Waals surface area contributed by atoms with Gasteiger partial charge in [0.25, 0.3) is 0 Å². The molecule has 0 aliphatic carbocycles. The Morgan fingerprint density at radius 2 is 1.96 bits per heavy atom. The number of hydrogen-bond donors (Lipinski definition) is 2. The first kappa shape index (κ1) is 23.4. The second-order valence-corrected chi connectivity index (χ2v) is 6.01. The van der Waals surface area contributed by atoms with Crippen LogP contribution in [0.2, 0.25) is 0 Å². The van der Waals surface area contributed by atoms with Crippen molar-refractivity contribution in [3.05, 3.63) is 0 Å². The molecule has 24 heavy (non-hydrogen) atoms. The molecule has 1 heterocycles. The summed E-state index contributed by atoms with van der Waals surface area (Å²) in [4.78, 5) is 18.4. The number of rotatable bonds is 9. The van der Waals surface area contributed by atoms with Crippen molar-refractivity contribution >= 4 is 35.8 Å². The molecular formula is C17H35IN4O2. The van der Waals surface area contributed by atoms with E-state index in [1.54, 1.807) is 7.05 Å². The Morgan fingerprint density at radius 3 is 2.54 bits per heavy atom. The third kappa shape index (κ3) is 9.66. The highest BCUT2D eigenvalue weighted by atomic mass is 127. The van der Waals surface area contributed by atoms with Gasteiger partial charge in [-0.25, -0.2) is 0 Å². The van der Waals surface area contributed by atoms with Crippen molar-refractivity contribution in [2.45, 2.75) is 46.0 Å². The Hall–Kier alpha value is -0.570. The van der Waals surface area contributed by atoms with E-state index in [-0.39, 0.29) is 29.9 Å². The van der Waals surface area contributed by atoms with E-state index in [1.165, 1.54) is 0 Å². The van der Waals surface area contributed by atoms with Crippen LogP contribution in [0.3, 0.4) is 0 Å². The molecule has 6 nitrogen and oxygen atoms in total. The first-order valence-electron chi connectivity index (χ1n) is 9.02. The predicted molar refractivity (Wildman–Crippen MR) is 110 cm³/mol. The van der Waals surface area contributed by atoms with E-state index in [9.17, 15) is 4.79 Å². The number of nitrogens with one attached hydrogen (secondary N) is 2. The number of unbranched alkanes of at least 4 members (excludes halogenated alkanes) is 1. The van der Waals surface area contributed by atoms with E-state index >= 15 is 0 Å². The van der Waals surface area contributed by atoms with Crippen LogP contribution in [0.25, 0.3) is 0 Å². The van der Waals surface area contributed by atoms with Gasteiger partial charge >= 0.3 is 0 Å². The molecule has 0 bridgehead atoms. The predicted octanol–water partition coefficient (Wildman–Crippen LogP) is 2.23. The molecule has 142 valence electrons. The number of halogens is 1. The molecule has 0 spiro atoms. The fourth-order valence-electron chi connectivity index (χ4n) is 2.70. The molecule has 2 N–H and O–H groups in total. The number of carbonyl (C=O) groups excluding carboxylic acids is 1. The lowest BCUT2D eigenvalue weighted by molar-refractivity contribution is -0.121. The summed E-state index contributed by atoms with van der Waals surface area (Å²) in [5, 5.41) is 6.08. The highest BCUT2D eigenvalue weighted by Gasteiger charge is 2.22. The molecule has 0 aromatic heterocycles. The second-order valence-electron chi connectivity index (χ2n) is 6.01. The Balaban J connectivity index is 0.00000529.